The number of carbonyl (C=O) groups excluding carboxylic acids is 1. The zero-order valence-corrected chi connectivity index (χ0v) is 18.6. The molecule has 174 valence electrons. The molecule has 1 amide bonds. The van der Waals surface area contributed by atoms with Crippen LogP contribution in [0.15, 0.2) is 36.5 Å². The van der Waals surface area contributed by atoms with E-state index < -0.39 is 0 Å². The van der Waals surface area contributed by atoms with E-state index >= 15 is 0 Å². The number of ether oxygens (including phenoxy) is 2. The molecule has 0 radical (unpaired) electrons. The van der Waals surface area contributed by atoms with Gasteiger partial charge in [0.05, 0.1) is 12.3 Å². The fraction of sp³-hybridized carbons (Fsp3) is 0.375. The Morgan fingerprint density at radius 2 is 2.06 bits per heavy atom. The molecule has 2 aliphatic rings. The standard InChI is InChI=1S/C24H25N7O3/c25-12-18-4-2-16(13-27-18)17-8-19-14-33-7-1-6-26-24(32)34-20-5-3-15(9-20)21-11-23(31-30-21)29-22(10-17)28-19/h2,4,8,10-11,13,15,20H,1,3,5-7,9,14H2,(H,26,32)(H2,28,29,30,31)/t15-,20+/m0/s1. The number of amides is 1. The van der Waals surface area contributed by atoms with E-state index in [1.807, 2.05) is 30.3 Å². The zero-order valence-electron chi connectivity index (χ0n) is 18.6. The number of aromatic nitrogens is 4. The molecule has 34 heavy (non-hydrogen) atoms. The van der Waals surface area contributed by atoms with Crippen LogP contribution < -0.4 is 10.6 Å². The third kappa shape index (κ3) is 5.15. The summed E-state index contributed by atoms with van der Waals surface area (Å²) >= 11 is 0. The van der Waals surface area contributed by atoms with Gasteiger partial charge in [0.1, 0.15) is 23.7 Å². The smallest absolute Gasteiger partial charge is 0.407 e. The molecule has 10 nitrogen and oxygen atoms in total. The highest BCUT2D eigenvalue weighted by Gasteiger charge is 2.30. The van der Waals surface area contributed by atoms with Gasteiger partial charge < -0.3 is 20.1 Å². The lowest BCUT2D eigenvalue weighted by Crippen LogP contribution is -2.29. The van der Waals surface area contributed by atoms with Crippen molar-refractivity contribution in [2.24, 2.45) is 0 Å². The fourth-order valence-electron chi connectivity index (χ4n) is 4.33. The third-order valence-electron chi connectivity index (χ3n) is 6.03. The van der Waals surface area contributed by atoms with Gasteiger partial charge in [-0.25, -0.2) is 14.8 Å². The highest BCUT2D eigenvalue weighted by atomic mass is 16.6. The van der Waals surface area contributed by atoms with E-state index in [0.717, 1.165) is 41.8 Å². The second-order valence-electron chi connectivity index (χ2n) is 8.48. The summed E-state index contributed by atoms with van der Waals surface area (Å²) in [6.45, 7) is 1.27. The Morgan fingerprint density at radius 3 is 2.91 bits per heavy atom. The molecule has 4 heterocycles. The van der Waals surface area contributed by atoms with Gasteiger partial charge in [0, 0.05) is 42.6 Å². The molecular formula is C24H25N7O3. The van der Waals surface area contributed by atoms with Crippen LogP contribution in [0.2, 0.25) is 0 Å². The van der Waals surface area contributed by atoms with Crippen LogP contribution in [-0.2, 0) is 16.1 Å². The Morgan fingerprint density at radius 1 is 1.12 bits per heavy atom. The van der Waals surface area contributed by atoms with Gasteiger partial charge in [-0.05, 0) is 55.5 Å². The quantitative estimate of drug-likeness (QED) is 0.500. The number of aromatic amines is 1. The minimum Gasteiger partial charge on any atom is -0.446 e. The first-order chi connectivity index (χ1) is 16.7. The minimum absolute atomic E-state index is 0.0956. The average Bonchev–Trinajstić information content (AvgIpc) is 3.50. The molecule has 2 atom stereocenters. The van der Waals surface area contributed by atoms with E-state index in [9.17, 15) is 4.79 Å². The van der Waals surface area contributed by atoms with Crippen molar-refractivity contribution in [3.05, 3.63) is 53.6 Å². The predicted molar refractivity (Wildman–Crippen MR) is 123 cm³/mol. The lowest BCUT2D eigenvalue weighted by atomic mass is 10.0. The first-order valence-electron chi connectivity index (χ1n) is 11.4. The van der Waals surface area contributed by atoms with Gasteiger partial charge in [-0.3, -0.25) is 5.10 Å². The van der Waals surface area contributed by atoms with Gasteiger partial charge >= 0.3 is 6.09 Å². The number of carbonyl (C=O) groups is 1. The summed E-state index contributed by atoms with van der Waals surface area (Å²) in [5.41, 5.74) is 3.89. The van der Waals surface area contributed by atoms with Crippen LogP contribution in [-0.4, -0.2) is 45.5 Å². The van der Waals surface area contributed by atoms with Crippen LogP contribution in [0.1, 0.15) is 48.7 Å². The van der Waals surface area contributed by atoms with Crippen molar-refractivity contribution in [3.8, 4) is 17.2 Å². The molecule has 1 fully saturated rings. The van der Waals surface area contributed by atoms with E-state index in [-0.39, 0.29) is 18.1 Å². The lowest BCUT2D eigenvalue weighted by molar-refractivity contribution is 0.0956. The van der Waals surface area contributed by atoms with Gasteiger partial charge in [0.15, 0.2) is 5.82 Å². The molecule has 6 bridgehead atoms. The van der Waals surface area contributed by atoms with Gasteiger partial charge in [-0.15, -0.1) is 0 Å². The average molecular weight is 460 g/mol. The maximum Gasteiger partial charge on any atom is 0.407 e. The summed E-state index contributed by atoms with van der Waals surface area (Å²) in [7, 11) is 0. The van der Waals surface area contributed by atoms with Crippen LogP contribution in [0.5, 0.6) is 0 Å². The van der Waals surface area contributed by atoms with Crippen molar-refractivity contribution in [2.75, 3.05) is 18.5 Å². The van der Waals surface area contributed by atoms with Crippen LogP contribution in [0.25, 0.3) is 11.1 Å². The Bertz CT molecular complexity index is 1200. The van der Waals surface area contributed by atoms with Crippen LogP contribution in [0.3, 0.4) is 0 Å². The maximum absolute atomic E-state index is 12.1. The van der Waals surface area contributed by atoms with Gasteiger partial charge in [-0.2, -0.15) is 10.4 Å². The first-order valence-corrected chi connectivity index (χ1v) is 11.4. The maximum atomic E-state index is 12.1. The molecule has 3 aromatic rings. The molecule has 1 aliphatic heterocycles. The van der Waals surface area contributed by atoms with Gasteiger partial charge in [-0.1, -0.05) is 0 Å². The molecule has 3 aromatic heterocycles. The SMILES string of the molecule is N#Cc1ccc(-c2cc3nc(c2)Nc2cc([nH]n2)[C@H]2CC[C@H](C2)OC(=O)NCCCOC3)cn1. The number of hydrogen-bond acceptors (Lipinski definition) is 8. The van der Waals surface area contributed by atoms with E-state index in [0.29, 0.717) is 43.5 Å². The molecule has 5 rings (SSSR count). The monoisotopic (exact) mass is 459 g/mol. The van der Waals surface area contributed by atoms with Crippen LogP contribution >= 0.6 is 0 Å². The molecule has 1 saturated carbocycles. The Balaban J connectivity index is 1.43. The molecular weight excluding hydrogens is 434 g/mol. The molecule has 0 unspecified atom stereocenters. The van der Waals surface area contributed by atoms with Gasteiger partial charge in [0.25, 0.3) is 0 Å². The normalized spacial score (nSPS) is 20.7. The molecule has 0 aromatic carbocycles. The fourth-order valence-corrected chi connectivity index (χ4v) is 4.33. The summed E-state index contributed by atoms with van der Waals surface area (Å²) in [4.78, 5) is 21.0. The zero-order chi connectivity index (χ0) is 23.3. The number of nitrogens with zero attached hydrogens (tertiary/aromatic N) is 4. The van der Waals surface area contributed by atoms with E-state index in [4.69, 9.17) is 19.7 Å². The number of anilines is 2. The molecule has 3 N–H and O–H groups in total. The number of pyridine rings is 2. The molecule has 10 heteroatoms. The highest BCUT2D eigenvalue weighted by molar-refractivity contribution is 5.68. The minimum atomic E-state index is -0.381. The summed E-state index contributed by atoms with van der Waals surface area (Å²) in [5.74, 6) is 1.56. The number of rotatable bonds is 1. The van der Waals surface area contributed by atoms with E-state index in [2.05, 4.69) is 25.8 Å². The Kier molecular flexibility index (Phi) is 6.35. The second kappa shape index (κ2) is 9.89. The topological polar surface area (TPSA) is 138 Å². The van der Waals surface area contributed by atoms with Crippen molar-refractivity contribution < 1.29 is 14.3 Å². The Labute approximate surface area is 196 Å². The summed E-state index contributed by atoms with van der Waals surface area (Å²) in [5, 5.41) is 22.6. The van der Waals surface area contributed by atoms with Crippen molar-refractivity contribution in [3.63, 3.8) is 0 Å². The van der Waals surface area contributed by atoms with Crippen LogP contribution in [0.4, 0.5) is 16.4 Å². The highest BCUT2D eigenvalue weighted by Crippen LogP contribution is 2.36. The predicted octanol–water partition coefficient (Wildman–Crippen LogP) is 3.76. The number of nitrogens with one attached hydrogen (secondary N) is 3. The van der Waals surface area contributed by atoms with Crippen molar-refractivity contribution >= 4 is 17.7 Å². The van der Waals surface area contributed by atoms with Crippen LogP contribution in [0, 0.1) is 11.3 Å². The van der Waals surface area contributed by atoms with E-state index in [1.165, 1.54) is 0 Å². The number of H-pyrrole nitrogens is 1. The third-order valence-corrected chi connectivity index (χ3v) is 6.03. The molecule has 0 saturated heterocycles. The Hall–Kier alpha value is -3.97. The van der Waals surface area contributed by atoms with Crippen molar-refractivity contribution in [2.45, 2.75) is 44.3 Å². The van der Waals surface area contributed by atoms with E-state index in [1.54, 1.807) is 12.3 Å². The first kappa shape index (κ1) is 21.9. The van der Waals surface area contributed by atoms with Crippen molar-refractivity contribution in [1.29, 1.82) is 5.26 Å². The summed E-state index contributed by atoms with van der Waals surface area (Å²) in [6.07, 6.45) is 4.39. The van der Waals surface area contributed by atoms with Gasteiger partial charge in [0.2, 0.25) is 0 Å². The number of hydrogen-bond donors (Lipinski definition) is 3. The summed E-state index contributed by atoms with van der Waals surface area (Å²) < 4.78 is 11.4. The second-order valence-corrected chi connectivity index (χ2v) is 8.48. The lowest BCUT2D eigenvalue weighted by Gasteiger charge is -2.13. The largest absolute Gasteiger partial charge is 0.446 e. The number of nitriles is 1. The molecule has 0 spiro atoms. The van der Waals surface area contributed by atoms with Crippen molar-refractivity contribution in [1.82, 2.24) is 25.5 Å². The number of alkyl carbamates (subject to hydrolysis) is 1. The summed E-state index contributed by atoms with van der Waals surface area (Å²) in [6, 6.07) is 11.4. The molecule has 1 aliphatic carbocycles. The number of fused-ring (bicyclic) bond motifs is 7.